The third kappa shape index (κ3) is 4.99. The zero-order valence-corrected chi connectivity index (χ0v) is 18.8. The SMILES string of the molecule is CCOc1cc2c(cc1CNC(=O)c1ccccc1OCc1csc(C)n1)O[C@H](C)C2. The van der Waals surface area contributed by atoms with Crippen LogP contribution in [-0.2, 0) is 19.6 Å². The molecule has 1 aliphatic rings. The van der Waals surface area contributed by atoms with Crippen LogP contribution in [0.2, 0.25) is 0 Å². The molecule has 2 heterocycles. The number of aromatic nitrogens is 1. The summed E-state index contributed by atoms with van der Waals surface area (Å²) in [5.74, 6) is 1.97. The molecule has 1 N–H and O–H groups in total. The van der Waals surface area contributed by atoms with Gasteiger partial charge < -0.3 is 19.5 Å². The Morgan fingerprint density at radius 1 is 1.26 bits per heavy atom. The minimum Gasteiger partial charge on any atom is -0.494 e. The lowest BCUT2D eigenvalue weighted by Gasteiger charge is -2.14. The second kappa shape index (κ2) is 9.39. The number of aryl methyl sites for hydroxylation is 1. The maximum atomic E-state index is 12.9. The van der Waals surface area contributed by atoms with Crippen molar-refractivity contribution >= 4 is 17.2 Å². The van der Waals surface area contributed by atoms with E-state index in [0.717, 1.165) is 39.7 Å². The second-order valence-corrected chi connectivity index (χ2v) is 8.52. The van der Waals surface area contributed by atoms with Gasteiger partial charge in [-0.05, 0) is 45.0 Å². The van der Waals surface area contributed by atoms with Crippen molar-refractivity contribution in [2.75, 3.05) is 6.61 Å². The van der Waals surface area contributed by atoms with Crippen molar-refractivity contribution < 1.29 is 19.0 Å². The summed E-state index contributed by atoms with van der Waals surface area (Å²) >= 11 is 1.58. The summed E-state index contributed by atoms with van der Waals surface area (Å²) in [6.45, 7) is 7.17. The Hall–Kier alpha value is -3.06. The lowest BCUT2D eigenvalue weighted by molar-refractivity contribution is 0.0946. The first kappa shape index (κ1) is 21.2. The number of hydrogen-bond donors (Lipinski definition) is 1. The van der Waals surface area contributed by atoms with Gasteiger partial charge in [-0.1, -0.05) is 12.1 Å². The predicted octanol–water partition coefficient (Wildman–Crippen LogP) is 4.68. The van der Waals surface area contributed by atoms with Crippen LogP contribution in [-0.4, -0.2) is 23.6 Å². The molecule has 1 atom stereocenters. The molecule has 7 heteroatoms. The number of carbonyl (C=O) groups excluding carboxylic acids is 1. The van der Waals surface area contributed by atoms with E-state index >= 15 is 0 Å². The van der Waals surface area contributed by atoms with Crippen LogP contribution in [0.3, 0.4) is 0 Å². The highest BCUT2D eigenvalue weighted by molar-refractivity contribution is 7.09. The fourth-order valence-electron chi connectivity index (χ4n) is 3.59. The normalized spacial score (nSPS) is 14.6. The number of ether oxygens (including phenoxy) is 3. The van der Waals surface area contributed by atoms with Crippen LogP contribution in [0.5, 0.6) is 17.2 Å². The van der Waals surface area contributed by atoms with Crippen molar-refractivity contribution in [3.05, 3.63) is 69.2 Å². The summed E-state index contributed by atoms with van der Waals surface area (Å²) in [6.07, 6.45) is 1.02. The van der Waals surface area contributed by atoms with E-state index in [2.05, 4.69) is 10.3 Å². The number of thiazole rings is 1. The minimum absolute atomic E-state index is 0.153. The van der Waals surface area contributed by atoms with Gasteiger partial charge in [0.25, 0.3) is 5.91 Å². The zero-order valence-electron chi connectivity index (χ0n) is 17.9. The molecule has 0 unspecified atom stereocenters. The molecule has 1 amide bonds. The van der Waals surface area contributed by atoms with Crippen molar-refractivity contribution in [3.8, 4) is 17.2 Å². The largest absolute Gasteiger partial charge is 0.494 e. The molecule has 0 saturated heterocycles. The Balaban J connectivity index is 1.46. The van der Waals surface area contributed by atoms with Crippen molar-refractivity contribution in [1.82, 2.24) is 10.3 Å². The first-order chi connectivity index (χ1) is 15.0. The van der Waals surface area contributed by atoms with Crippen LogP contribution in [0.4, 0.5) is 0 Å². The summed E-state index contributed by atoms with van der Waals surface area (Å²) in [6, 6.07) is 11.2. The number of hydrogen-bond acceptors (Lipinski definition) is 6. The maximum Gasteiger partial charge on any atom is 0.255 e. The molecule has 2 aromatic carbocycles. The summed E-state index contributed by atoms with van der Waals surface area (Å²) < 4.78 is 17.6. The van der Waals surface area contributed by atoms with Crippen LogP contribution in [0.1, 0.15) is 46.0 Å². The highest BCUT2D eigenvalue weighted by Crippen LogP contribution is 2.35. The van der Waals surface area contributed by atoms with Crippen molar-refractivity contribution in [3.63, 3.8) is 0 Å². The smallest absolute Gasteiger partial charge is 0.255 e. The quantitative estimate of drug-likeness (QED) is 0.553. The van der Waals surface area contributed by atoms with Crippen molar-refractivity contribution in [2.45, 2.75) is 46.4 Å². The molecule has 0 saturated carbocycles. The van der Waals surface area contributed by atoms with Gasteiger partial charge in [-0.25, -0.2) is 4.98 Å². The maximum absolute atomic E-state index is 12.9. The fourth-order valence-corrected chi connectivity index (χ4v) is 4.18. The molecular weight excluding hydrogens is 412 g/mol. The number of carbonyl (C=O) groups is 1. The summed E-state index contributed by atoms with van der Waals surface area (Å²) in [5, 5.41) is 5.94. The highest BCUT2D eigenvalue weighted by atomic mass is 32.1. The fraction of sp³-hybridized carbons (Fsp3) is 0.333. The van der Waals surface area contributed by atoms with Crippen LogP contribution in [0, 0.1) is 6.92 Å². The van der Waals surface area contributed by atoms with E-state index in [9.17, 15) is 4.79 Å². The lowest BCUT2D eigenvalue weighted by atomic mass is 10.1. The number of fused-ring (bicyclic) bond motifs is 1. The molecule has 0 fully saturated rings. The molecule has 0 spiro atoms. The van der Waals surface area contributed by atoms with E-state index in [1.165, 1.54) is 0 Å². The monoisotopic (exact) mass is 438 g/mol. The van der Waals surface area contributed by atoms with E-state index in [4.69, 9.17) is 14.2 Å². The van der Waals surface area contributed by atoms with Crippen LogP contribution in [0.25, 0.3) is 0 Å². The molecule has 1 aromatic heterocycles. The van der Waals surface area contributed by atoms with Gasteiger partial charge in [-0.15, -0.1) is 11.3 Å². The topological polar surface area (TPSA) is 69.7 Å². The van der Waals surface area contributed by atoms with Gasteiger partial charge in [0.2, 0.25) is 0 Å². The number of nitrogens with one attached hydrogen (secondary N) is 1. The van der Waals surface area contributed by atoms with E-state index in [-0.39, 0.29) is 12.0 Å². The Labute approximate surface area is 186 Å². The van der Waals surface area contributed by atoms with Gasteiger partial charge in [0.1, 0.15) is 30.0 Å². The van der Waals surface area contributed by atoms with Gasteiger partial charge >= 0.3 is 0 Å². The highest BCUT2D eigenvalue weighted by Gasteiger charge is 2.22. The Morgan fingerprint density at radius 3 is 2.87 bits per heavy atom. The molecule has 4 rings (SSSR count). The minimum atomic E-state index is -0.206. The number of nitrogens with zero attached hydrogens (tertiary/aromatic N) is 1. The van der Waals surface area contributed by atoms with Gasteiger partial charge in [0, 0.05) is 29.5 Å². The Kier molecular flexibility index (Phi) is 6.42. The van der Waals surface area contributed by atoms with E-state index in [0.29, 0.717) is 31.1 Å². The molecule has 0 bridgehead atoms. The van der Waals surface area contributed by atoms with Gasteiger partial charge in [-0.2, -0.15) is 0 Å². The molecule has 0 aliphatic carbocycles. The van der Waals surface area contributed by atoms with Crippen LogP contribution < -0.4 is 19.5 Å². The predicted molar refractivity (Wildman–Crippen MR) is 120 cm³/mol. The molecule has 3 aromatic rings. The lowest BCUT2D eigenvalue weighted by Crippen LogP contribution is -2.24. The van der Waals surface area contributed by atoms with Gasteiger partial charge in [0.05, 0.1) is 22.9 Å². The number of para-hydroxylation sites is 1. The average molecular weight is 439 g/mol. The summed E-state index contributed by atoms with van der Waals surface area (Å²) in [7, 11) is 0. The number of rotatable bonds is 8. The average Bonchev–Trinajstić information content (AvgIpc) is 3.34. The number of benzene rings is 2. The van der Waals surface area contributed by atoms with Gasteiger partial charge in [0.15, 0.2) is 0 Å². The third-order valence-electron chi connectivity index (χ3n) is 4.99. The first-order valence-electron chi connectivity index (χ1n) is 10.4. The molecule has 1 aliphatic heterocycles. The van der Waals surface area contributed by atoms with E-state index < -0.39 is 0 Å². The molecular formula is C24H26N2O4S. The van der Waals surface area contributed by atoms with E-state index in [1.54, 1.807) is 23.5 Å². The molecule has 6 nitrogen and oxygen atoms in total. The molecule has 162 valence electrons. The zero-order chi connectivity index (χ0) is 21.8. The number of amides is 1. The standard InChI is InChI=1S/C24H26N2O4S/c1-4-28-22-10-17-9-15(2)30-23(17)11-18(22)12-25-24(27)20-7-5-6-8-21(20)29-13-19-14-31-16(3)26-19/h5-8,10-11,14-15H,4,9,12-13H2,1-3H3,(H,25,27)/t15-/m1/s1. The third-order valence-corrected chi connectivity index (χ3v) is 5.81. The van der Waals surface area contributed by atoms with E-state index in [1.807, 2.05) is 50.4 Å². The van der Waals surface area contributed by atoms with Crippen molar-refractivity contribution in [2.24, 2.45) is 0 Å². The summed E-state index contributed by atoms with van der Waals surface area (Å²) in [5.41, 5.74) is 3.37. The van der Waals surface area contributed by atoms with Gasteiger partial charge in [-0.3, -0.25) is 4.79 Å². The Morgan fingerprint density at radius 2 is 2.10 bits per heavy atom. The second-order valence-electron chi connectivity index (χ2n) is 7.46. The van der Waals surface area contributed by atoms with Crippen molar-refractivity contribution in [1.29, 1.82) is 0 Å². The first-order valence-corrected chi connectivity index (χ1v) is 11.3. The molecule has 0 radical (unpaired) electrons. The molecule has 31 heavy (non-hydrogen) atoms. The summed E-state index contributed by atoms with van der Waals surface area (Å²) in [4.78, 5) is 17.3. The van der Waals surface area contributed by atoms with Crippen LogP contribution >= 0.6 is 11.3 Å². The Bertz CT molecular complexity index is 1080. The van der Waals surface area contributed by atoms with Crippen LogP contribution in [0.15, 0.2) is 41.8 Å².